The number of anilines is 1. The summed E-state index contributed by atoms with van der Waals surface area (Å²) in [5, 5.41) is 3.68. The Kier molecular flexibility index (Phi) is 6.04. The van der Waals surface area contributed by atoms with E-state index in [0.717, 1.165) is 0 Å². The Labute approximate surface area is 153 Å². The van der Waals surface area contributed by atoms with Gasteiger partial charge in [-0.05, 0) is 39.3 Å². The van der Waals surface area contributed by atoms with Gasteiger partial charge in [0.1, 0.15) is 11.4 Å². The fraction of sp³-hybridized carbons (Fsp3) is 0.412. The summed E-state index contributed by atoms with van der Waals surface area (Å²) >= 11 is 0. The number of benzene rings is 1. The second kappa shape index (κ2) is 7.88. The van der Waals surface area contributed by atoms with Crippen molar-refractivity contribution in [2.75, 3.05) is 18.8 Å². The molecule has 0 aliphatic rings. The van der Waals surface area contributed by atoms with Gasteiger partial charge in [-0.25, -0.2) is 22.9 Å². The van der Waals surface area contributed by atoms with Crippen LogP contribution in [0.25, 0.3) is 10.8 Å². The molecule has 1 aromatic carbocycles. The van der Waals surface area contributed by atoms with Gasteiger partial charge in [0.25, 0.3) is 0 Å². The topological polar surface area (TPSA) is 123 Å². The van der Waals surface area contributed by atoms with E-state index in [4.69, 9.17) is 10.5 Å². The predicted molar refractivity (Wildman–Crippen MR) is 100 cm³/mol. The van der Waals surface area contributed by atoms with Crippen LogP contribution in [-0.2, 0) is 14.8 Å². The van der Waals surface area contributed by atoms with Gasteiger partial charge in [0, 0.05) is 30.1 Å². The van der Waals surface area contributed by atoms with Gasteiger partial charge in [0.05, 0.1) is 4.90 Å². The maximum atomic E-state index is 12.6. The number of carbonyl (C=O) groups is 1. The smallest absolute Gasteiger partial charge is 0.407 e. The molecule has 1 amide bonds. The third-order valence-corrected chi connectivity index (χ3v) is 4.92. The van der Waals surface area contributed by atoms with Crippen LogP contribution in [0.3, 0.4) is 0 Å². The van der Waals surface area contributed by atoms with Gasteiger partial charge >= 0.3 is 6.09 Å². The molecule has 0 fully saturated rings. The number of alkyl carbamates (subject to hydrolysis) is 1. The van der Waals surface area contributed by atoms with Gasteiger partial charge in [-0.1, -0.05) is 12.1 Å². The summed E-state index contributed by atoms with van der Waals surface area (Å²) in [6.45, 7) is 5.78. The van der Waals surface area contributed by atoms with Crippen molar-refractivity contribution in [1.29, 1.82) is 0 Å². The van der Waals surface area contributed by atoms with Crippen molar-refractivity contribution in [2.45, 2.75) is 37.7 Å². The highest BCUT2D eigenvalue weighted by molar-refractivity contribution is 7.89. The molecule has 26 heavy (non-hydrogen) atoms. The van der Waals surface area contributed by atoms with Crippen molar-refractivity contribution >= 4 is 32.7 Å². The number of amides is 1. The number of hydrogen-bond donors (Lipinski definition) is 3. The SMILES string of the molecule is CC(C)(C)OC(=O)NCCCNS(=O)(=O)c1cccc2c(N)nccc12. The summed E-state index contributed by atoms with van der Waals surface area (Å²) < 4.78 is 32.8. The molecule has 9 heteroatoms. The number of aromatic nitrogens is 1. The number of nitrogens with one attached hydrogen (secondary N) is 2. The summed E-state index contributed by atoms with van der Waals surface area (Å²) in [4.78, 5) is 15.6. The van der Waals surface area contributed by atoms with Crippen LogP contribution < -0.4 is 15.8 Å². The number of nitrogens with two attached hydrogens (primary N) is 1. The molecule has 1 aromatic heterocycles. The number of fused-ring (bicyclic) bond motifs is 1. The lowest BCUT2D eigenvalue weighted by Gasteiger charge is -2.19. The minimum Gasteiger partial charge on any atom is -0.444 e. The molecular formula is C17H24N4O4S. The average molecular weight is 380 g/mol. The molecule has 1 heterocycles. The van der Waals surface area contributed by atoms with Crippen LogP contribution in [0, 0.1) is 0 Å². The molecule has 0 spiro atoms. The van der Waals surface area contributed by atoms with Crippen LogP contribution in [-0.4, -0.2) is 38.2 Å². The van der Waals surface area contributed by atoms with Crippen LogP contribution in [0.2, 0.25) is 0 Å². The van der Waals surface area contributed by atoms with Crippen molar-refractivity contribution in [1.82, 2.24) is 15.0 Å². The summed E-state index contributed by atoms with van der Waals surface area (Å²) in [5.74, 6) is 0.279. The van der Waals surface area contributed by atoms with E-state index in [2.05, 4.69) is 15.0 Å². The number of nitrogen functional groups attached to an aromatic ring is 1. The van der Waals surface area contributed by atoms with E-state index < -0.39 is 21.7 Å². The van der Waals surface area contributed by atoms with Crippen LogP contribution in [0.15, 0.2) is 35.4 Å². The number of carbonyl (C=O) groups excluding carboxylic acids is 1. The molecule has 8 nitrogen and oxygen atoms in total. The Balaban J connectivity index is 1.94. The molecule has 0 unspecified atom stereocenters. The number of rotatable bonds is 6. The maximum Gasteiger partial charge on any atom is 0.407 e. The zero-order chi connectivity index (χ0) is 19.4. The van der Waals surface area contributed by atoms with Crippen molar-refractivity contribution in [3.63, 3.8) is 0 Å². The van der Waals surface area contributed by atoms with E-state index in [1.54, 1.807) is 39.0 Å². The van der Waals surface area contributed by atoms with Gasteiger partial charge in [0.15, 0.2) is 0 Å². The number of sulfonamides is 1. The normalized spacial score (nSPS) is 12.1. The minimum absolute atomic E-state index is 0.143. The van der Waals surface area contributed by atoms with Crippen molar-refractivity contribution in [3.05, 3.63) is 30.5 Å². The molecular weight excluding hydrogens is 356 g/mol. The highest BCUT2D eigenvalue weighted by atomic mass is 32.2. The monoisotopic (exact) mass is 380 g/mol. The van der Waals surface area contributed by atoms with Gasteiger partial charge in [-0.15, -0.1) is 0 Å². The predicted octanol–water partition coefficient (Wildman–Crippen LogP) is 2.01. The first kappa shape index (κ1) is 19.9. The largest absolute Gasteiger partial charge is 0.444 e. The van der Waals surface area contributed by atoms with E-state index in [0.29, 0.717) is 23.7 Å². The van der Waals surface area contributed by atoms with E-state index in [1.165, 1.54) is 12.3 Å². The van der Waals surface area contributed by atoms with E-state index in [-0.39, 0.29) is 17.3 Å². The molecule has 142 valence electrons. The fourth-order valence-corrected chi connectivity index (χ4v) is 3.61. The fourth-order valence-electron chi connectivity index (χ4n) is 2.31. The summed E-state index contributed by atoms with van der Waals surface area (Å²) in [7, 11) is -3.71. The summed E-state index contributed by atoms with van der Waals surface area (Å²) in [6.07, 6.45) is 1.37. The number of ether oxygens (including phenoxy) is 1. The lowest BCUT2D eigenvalue weighted by Crippen LogP contribution is -2.34. The zero-order valence-electron chi connectivity index (χ0n) is 15.1. The summed E-state index contributed by atoms with van der Waals surface area (Å²) in [6, 6.07) is 6.48. The molecule has 2 rings (SSSR count). The first-order chi connectivity index (χ1) is 12.1. The Hall–Kier alpha value is -2.39. The highest BCUT2D eigenvalue weighted by Gasteiger charge is 2.18. The molecule has 0 aliphatic heterocycles. The molecule has 0 radical (unpaired) electrons. The molecule has 0 saturated carbocycles. The van der Waals surface area contributed by atoms with Gasteiger partial charge in [0.2, 0.25) is 10.0 Å². The van der Waals surface area contributed by atoms with Crippen molar-refractivity contribution in [3.8, 4) is 0 Å². The highest BCUT2D eigenvalue weighted by Crippen LogP contribution is 2.25. The Bertz CT molecular complexity index is 891. The van der Waals surface area contributed by atoms with Gasteiger partial charge in [-0.2, -0.15) is 0 Å². The van der Waals surface area contributed by atoms with E-state index in [1.807, 2.05) is 0 Å². The Morgan fingerprint density at radius 2 is 1.92 bits per heavy atom. The standard InChI is InChI=1S/C17H24N4O4S/c1-17(2,3)25-16(22)20-9-5-10-21-26(23,24)14-7-4-6-13-12(14)8-11-19-15(13)18/h4,6-8,11,21H,5,9-10H2,1-3H3,(H2,18,19)(H,20,22). The third kappa shape index (κ3) is 5.30. The number of pyridine rings is 1. The van der Waals surface area contributed by atoms with E-state index >= 15 is 0 Å². The number of nitrogens with zero attached hydrogens (tertiary/aromatic N) is 1. The quantitative estimate of drug-likeness (QED) is 0.659. The summed E-state index contributed by atoms with van der Waals surface area (Å²) in [5.41, 5.74) is 5.23. The van der Waals surface area contributed by atoms with Crippen molar-refractivity contribution < 1.29 is 17.9 Å². The lowest BCUT2D eigenvalue weighted by atomic mass is 10.1. The molecule has 0 atom stereocenters. The van der Waals surface area contributed by atoms with Crippen LogP contribution in [0.1, 0.15) is 27.2 Å². The molecule has 0 aliphatic carbocycles. The second-order valence-electron chi connectivity index (χ2n) is 6.73. The first-order valence-electron chi connectivity index (χ1n) is 8.20. The van der Waals surface area contributed by atoms with Gasteiger partial charge in [-0.3, -0.25) is 0 Å². The minimum atomic E-state index is -3.71. The third-order valence-electron chi connectivity index (χ3n) is 3.40. The van der Waals surface area contributed by atoms with Crippen molar-refractivity contribution in [2.24, 2.45) is 0 Å². The zero-order valence-corrected chi connectivity index (χ0v) is 15.9. The van der Waals surface area contributed by atoms with Crippen LogP contribution in [0.4, 0.5) is 10.6 Å². The lowest BCUT2D eigenvalue weighted by molar-refractivity contribution is 0.0527. The van der Waals surface area contributed by atoms with Crippen LogP contribution >= 0.6 is 0 Å². The second-order valence-corrected chi connectivity index (χ2v) is 8.46. The number of hydrogen-bond acceptors (Lipinski definition) is 6. The van der Waals surface area contributed by atoms with Crippen LogP contribution in [0.5, 0.6) is 0 Å². The maximum absolute atomic E-state index is 12.6. The van der Waals surface area contributed by atoms with Gasteiger partial charge < -0.3 is 15.8 Å². The molecule has 4 N–H and O–H groups in total. The Morgan fingerprint density at radius 1 is 1.19 bits per heavy atom. The molecule has 2 aromatic rings. The first-order valence-corrected chi connectivity index (χ1v) is 9.68. The Morgan fingerprint density at radius 3 is 2.62 bits per heavy atom. The van der Waals surface area contributed by atoms with E-state index in [9.17, 15) is 13.2 Å². The molecule has 0 saturated heterocycles. The average Bonchev–Trinajstić information content (AvgIpc) is 2.52. The molecule has 0 bridgehead atoms.